The normalized spacial score (nSPS) is 12.6. The van der Waals surface area contributed by atoms with Gasteiger partial charge in [-0.1, -0.05) is 20.3 Å². The molecule has 0 spiro atoms. The molecule has 0 fully saturated rings. The molecule has 0 heterocycles. The van der Waals surface area contributed by atoms with Crippen LogP contribution in [0.3, 0.4) is 0 Å². The molecule has 1 rings (SSSR count). The zero-order valence-corrected chi connectivity index (χ0v) is 9.49. The third-order valence-corrected chi connectivity index (χ3v) is 2.42. The van der Waals surface area contributed by atoms with Crippen molar-refractivity contribution in [3.8, 4) is 0 Å². The lowest BCUT2D eigenvalue weighted by Crippen LogP contribution is -2.12. The largest absolute Gasteiger partial charge is 0.382 e. The van der Waals surface area contributed by atoms with E-state index in [-0.39, 0.29) is 5.69 Å². The second kappa shape index (κ2) is 5.77. The van der Waals surface area contributed by atoms with Gasteiger partial charge in [-0.05, 0) is 12.3 Å². The summed E-state index contributed by atoms with van der Waals surface area (Å²) in [6.07, 6.45) is 2.02. The molecule has 4 heteroatoms. The van der Waals surface area contributed by atoms with Gasteiger partial charge in [-0.2, -0.15) is 0 Å². The molecule has 0 aliphatic carbocycles. The van der Waals surface area contributed by atoms with Crippen LogP contribution in [-0.4, -0.2) is 6.54 Å². The van der Waals surface area contributed by atoms with Gasteiger partial charge in [0, 0.05) is 18.7 Å². The van der Waals surface area contributed by atoms with Gasteiger partial charge in [0.15, 0.2) is 11.6 Å². The summed E-state index contributed by atoms with van der Waals surface area (Å²) in [6.45, 7) is 4.57. The zero-order valence-electron chi connectivity index (χ0n) is 9.49. The Hall–Kier alpha value is -1.19. The fourth-order valence-electron chi connectivity index (χ4n) is 1.56. The number of benzene rings is 1. The van der Waals surface area contributed by atoms with Crippen LogP contribution in [0, 0.1) is 23.4 Å². The van der Waals surface area contributed by atoms with Gasteiger partial charge in [0.05, 0.1) is 5.69 Å². The third-order valence-electron chi connectivity index (χ3n) is 2.42. The lowest BCUT2D eigenvalue weighted by molar-refractivity contribution is 0.494. The fraction of sp³-hybridized carbons (Fsp3) is 0.500. The molecule has 16 heavy (non-hydrogen) atoms. The van der Waals surface area contributed by atoms with Gasteiger partial charge in [0.1, 0.15) is 5.82 Å². The fourth-order valence-corrected chi connectivity index (χ4v) is 1.56. The van der Waals surface area contributed by atoms with Crippen LogP contribution in [0.1, 0.15) is 26.7 Å². The molecule has 0 aromatic heterocycles. The quantitative estimate of drug-likeness (QED) is 0.756. The van der Waals surface area contributed by atoms with E-state index in [4.69, 9.17) is 0 Å². The van der Waals surface area contributed by atoms with E-state index in [1.807, 2.05) is 6.92 Å². The van der Waals surface area contributed by atoms with Crippen molar-refractivity contribution < 1.29 is 13.2 Å². The van der Waals surface area contributed by atoms with Crippen LogP contribution in [-0.2, 0) is 0 Å². The molecule has 0 aliphatic rings. The predicted octanol–water partition coefficient (Wildman–Crippen LogP) is 3.95. The maximum Gasteiger partial charge on any atom is 0.182 e. The second-order valence-electron chi connectivity index (χ2n) is 4.02. The van der Waals surface area contributed by atoms with Gasteiger partial charge in [-0.25, -0.2) is 13.2 Å². The zero-order chi connectivity index (χ0) is 12.1. The lowest BCUT2D eigenvalue weighted by atomic mass is 10.1. The molecule has 1 aromatic rings. The minimum atomic E-state index is -1.16. The van der Waals surface area contributed by atoms with E-state index in [1.165, 1.54) is 0 Å². The van der Waals surface area contributed by atoms with E-state index in [2.05, 4.69) is 12.2 Å². The first-order valence-corrected chi connectivity index (χ1v) is 5.43. The highest BCUT2D eigenvalue weighted by Crippen LogP contribution is 2.19. The molecule has 0 bridgehead atoms. The Balaban J connectivity index is 2.66. The predicted molar refractivity (Wildman–Crippen MR) is 58.9 cm³/mol. The third kappa shape index (κ3) is 3.43. The van der Waals surface area contributed by atoms with Crippen molar-refractivity contribution in [2.24, 2.45) is 5.92 Å². The summed E-state index contributed by atoms with van der Waals surface area (Å²) in [5.41, 5.74) is -0.111. The lowest BCUT2D eigenvalue weighted by Gasteiger charge is -2.13. The topological polar surface area (TPSA) is 12.0 Å². The highest BCUT2D eigenvalue weighted by atomic mass is 19.2. The number of nitrogens with one attached hydrogen (secondary N) is 1. The van der Waals surface area contributed by atoms with Gasteiger partial charge in [0.25, 0.3) is 0 Å². The van der Waals surface area contributed by atoms with Crippen molar-refractivity contribution in [1.82, 2.24) is 0 Å². The van der Waals surface area contributed by atoms with Crippen LogP contribution in [0.4, 0.5) is 18.9 Å². The molecule has 1 atom stereocenters. The van der Waals surface area contributed by atoms with Crippen molar-refractivity contribution in [1.29, 1.82) is 0 Å². The van der Waals surface area contributed by atoms with Gasteiger partial charge in [-0.3, -0.25) is 0 Å². The Bertz CT molecular complexity index is 352. The first-order valence-electron chi connectivity index (χ1n) is 5.43. The van der Waals surface area contributed by atoms with Crippen LogP contribution in [0.2, 0.25) is 0 Å². The Morgan fingerprint density at radius 3 is 2.56 bits per heavy atom. The summed E-state index contributed by atoms with van der Waals surface area (Å²) in [5, 5.41) is 2.72. The summed E-state index contributed by atoms with van der Waals surface area (Å²) in [6, 6.07) is 1.51. The Kier molecular flexibility index (Phi) is 4.65. The standard InChI is InChI=1S/C12H16F3N/c1-3-4-8(2)7-16-11-6-9(13)5-10(14)12(11)15/h5-6,8,16H,3-4,7H2,1-2H3. The maximum atomic E-state index is 13.2. The summed E-state index contributed by atoms with van der Waals surface area (Å²) in [4.78, 5) is 0. The van der Waals surface area contributed by atoms with Gasteiger partial charge < -0.3 is 5.32 Å². The Morgan fingerprint density at radius 2 is 1.94 bits per heavy atom. The first-order chi connectivity index (χ1) is 7.54. The molecular weight excluding hydrogens is 215 g/mol. The molecule has 1 nitrogen and oxygen atoms in total. The monoisotopic (exact) mass is 231 g/mol. The SMILES string of the molecule is CCCC(C)CNc1cc(F)cc(F)c1F. The number of halogens is 3. The summed E-state index contributed by atoms with van der Waals surface area (Å²) in [5.74, 6) is -2.61. The maximum absolute atomic E-state index is 13.2. The van der Waals surface area contributed by atoms with Crippen molar-refractivity contribution in [2.75, 3.05) is 11.9 Å². The summed E-state index contributed by atoms with van der Waals surface area (Å²) >= 11 is 0. The minimum Gasteiger partial charge on any atom is -0.382 e. The number of hydrogen-bond acceptors (Lipinski definition) is 1. The number of rotatable bonds is 5. The van der Waals surface area contributed by atoms with Crippen molar-refractivity contribution in [3.63, 3.8) is 0 Å². The highest BCUT2D eigenvalue weighted by molar-refractivity contribution is 5.45. The number of hydrogen-bond donors (Lipinski definition) is 1. The Labute approximate surface area is 93.7 Å². The first kappa shape index (κ1) is 12.9. The van der Waals surface area contributed by atoms with Gasteiger partial charge in [0.2, 0.25) is 0 Å². The molecular formula is C12H16F3N. The molecule has 1 aromatic carbocycles. The summed E-state index contributed by atoms with van der Waals surface area (Å²) in [7, 11) is 0. The van der Waals surface area contributed by atoms with Crippen LogP contribution in [0.25, 0.3) is 0 Å². The molecule has 0 radical (unpaired) electrons. The molecule has 90 valence electrons. The summed E-state index contributed by atoms with van der Waals surface area (Å²) < 4.78 is 38.9. The van der Waals surface area contributed by atoms with E-state index >= 15 is 0 Å². The Morgan fingerprint density at radius 1 is 1.25 bits per heavy atom. The van der Waals surface area contributed by atoms with Crippen LogP contribution in [0.15, 0.2) is 12.1 Å². The molecule has 0 amide bonds. The van der Waals surface area contributed by atoms with Crippen molar-refractivity contribution >= 4 is 5.69 Å². The molecule has 0 aliphatic heterocycles. The van der Waals surface area contributed by atoms with Crippen molar-refractivity contribution in [2.45, 2.75) is 26.7 Å². The van der Waals surface area contributed by atoms with Gasteiger partial charge >= 0.3 is 0 Å². The van der Waals surface area contributed by atoms with Crippen LogP contribution < -0.4 is 5.32 Å². The molecule has 1 unspecified atom stereocenters. The van der Waals surface area contributed by atoms with Crippen molar-refractivity contribution in [3.05, 3.63) is 29.6 Å². The molecule has 0 saturated heterocycles. The van der Waals surface area contributed by atoms with E-state index in [0.717, 1.165) is 18.9 Å². The van der Waals surface area contributed by atoms with Crippen LogP contribution in [0.5, 0.6) is 0 Å². The second-order valence-corrected chi connectivity index (χ2v) is 4.02. The van der Waals surface area contributed by atoms with E-state index in [0.29, 0.717) is 18.5 Å². The average Bonchev–Trinajstić information content (AvgIpc) is 2.21. The van der Waals surface area contributed by atoms with E-state index in [1.54, 1.807) is 0 Å². The number of anilines is 1. The smallest absolute Gasteiger partial charge is 0.182 e. The average molecular weight is 231 g/mol. The minimum absolute atomic E-state index is 0.111. The molecule has 1 N–H and O–H groups in total. The van der Waals surface area contributed by atoms with E-state index < -0.39 is 17.5 Å². The highest BCUT2D eigenvalue weighted by Gasteiger charge is 2.11. The van der Waals surface area contributed by atoms with Crippen LogP contribution >= 0.6 is 0 Å². The molecule has 0 saturated carbocycles. The van der Waals surface area contributed by atoms with E-state index in [9.17, 15) is 13.2 Å². The van der Waals surface area contributed by atoms with Gasteiger partial charge in [-0.15, -0.1) is 0 Å².